The number of imide groups is 1. The number of carbonyl (C=O) groups excluding carboxylic acids is 2. The lowest BCUT2D eigenvalue weighted by Gasteiger charge is -2.36. The van der Waals surface area contributed by atoms with Crippen molar-refractivity contribution in [3.05, 3.63) is 35.4 Å². The molecule has 1 aliphatic rings. The van der Waals surface area contributed by atoms with Crippen molar-refractivity contribution in [3.8, 4) is 6.07 Å². The van der Waals surface area contributed by atoms with Crippen LogP contribution < -0.4 is 5.32 Å². The second kappa shape index (κ2) is 4.82. The molecule has 0 spiro atoms. The number of rotatable bonds is 2. The van der Waals surface area contributed by atoms with Gasteiger partial charge in [0.15, 0.2) is 0 Å². The Kier molecular flexibility index (Phi) is 3.36. The molecule has 1 heterocycles. The molecule has 1 aromatic carbocycles. The van der Waals surface area contributed by atoms with Crippen LogP contribution in [0.3, 0.4) is 0 Å². The fourth-order valence-electron chi connectivity index (χ4n) is 2.02. The normalized spacial score (nSPS) is 18.3. The van der Waals surface area contributed by atoms with Gasteiger partial charge in [0.1, 0.15) is 0 Å². The molecule has 0 unspecified atom stereocenters. The van der Waals surface area contributed by atoms with Crippen molar-refractivity contribution < 1.29 is 9.59 Å². The number of nitrogens with zero attached hydrogens (tertiary/aromatic N) is 2. The highest BCUT2D eigenvalue weighted by atomic mass is 16.2. The third-order valence-corrected chi connectivity index (χ3v) is 3.23. The lowest BCUT2D eigenvalue weighted by molar-refractivity contribution is -0.153. The molecule has 0 aliphatic carbocycles. The lowest BCUT2D eigenvalue weighted by Crippen LogP contribution is -2.63. The number of benzene rings is 1. The molecule has 5 nitrogen and oxygen atoms in total. The minimum Gasteiger partial charge on any atom is -0.295 e. The fraction of sp³-hybridized carbons (Fsp3) is 0.357. The first-order chi connectivity index (χ1) is 8.95. The summed E-state index contributed by atoms with van der Waals surface area (Å²) < 4.78 is 0. The van der Waals surface area contributed by atoms with Gasteiger partial charge in [0, 0.05) is 0 Å². The van der Waals surface area contributed by atoms with Gasteiger partial charge in [-0.3, -0.25) is 19.8 Å². The van der Waals surface area contributed by atoms with Gasteiger partial charge < -0.3 is 0 Å². The molecule has 98 valence electrons. The quantitative estimate of drug-likeness (QED) is 0.795. The summed E-state index contributed by atoms with van der Waals surface area (Å²) >= 11 is 0. The van der Waals surface area contributed by atoms with Crippen LogP contribution in [-0.4, -0.2) is 28.8 Å². The van der Waals surface area contributed by atoms with Gasteiger partial charge in [-0.25, -0.2) is 0 Å². The Bertz CT molecular complexity index is 572. The summed E-state index contributed by atoms with van der Waals surface area (Å²) in [5.41, 5.74) is 0.416. The van der Waals surface area contributed by atoms with Crippen LogP contribution in [0.5, 0.6) is 0 Å². The van der Waals surface area contributed by atoms with Crippen LogP contribution >= 0.6 is 0 Å². The Balaban J connectivity index is 2.29. The summed E-state index contributed by atoms with van der Waals surface area (Å²) in [4.78, 5) is 25.3. The SMILES string of the molecule is CC1(C)NCC(=O)N(Cc2ccccc2C#N)C1=O. The van der Waals surface area contributed by atoms with Gasteiger partial charge in [0.2, 0.25) is 11.8 Å². The van der Waals surface area contributed by atoms with E-state index in [0.717, 1.165) is 0 Å². The Hall–Kier alpha value is -2.19. The van der Waals surface area contributed by atoms with Crippen molar-refractivity contribution in [2.24, 2.45) is 0 Å². The highest BCUT2D eigenvalue weighted by molar-refractivity contribution is 6.02. The highest BCUT2D eigenvalue weighted by Crippen LogP contribution is 2.18. The zero-order valence-electron chi connectivity index (χ0n) is 10.9. The highest BCUT2D eigenvalue weighted by Gasteiger charge is 2.39. The van der Waals surface area contributed by atoms with Gasteiger partial charge in [0.25, 0.3) is 0 Å². The smallest absolute Gasteiger partial charge is 0.249 e. The van der Waals surface area contributed by atoms with Crippen molar-refractivity contribution in [1.29, 1.82) is 5.26 Å². The minimum absolute atomic E-state index is 0.132. The van der Waals surface area contributed by atoms with Crippen LogP contribution in [0.25, 0.3) is 0 Å². The molecule has 0 radical (unpaired) electrons. The molecule has 0 saturated carbocycles. The summed E-state index contributed by atoms with van der Waals surface area (Å²) in [6.07, 6.45) is 0. The summed E-state index contributed by atoms with van der Waals surface area (Å²) in [7, 11) is 0. The van der Waals surface area contributed by atoms with Gasteiger partial charge in [-0.2, -0.15) is 5.26 Å². The Morgan fingerprint density at radius 2 is 2.05 bits per heavy atom. The molecule has 5 heteroatoms. The topological polar surface area (TPSA) is 73.2 Å². The monoisotopic (exact) mass is 257 g/mol. The van der Waals surface area contributed by atoms with Crippen LogP contribution in [0.4, 0.5) is 0 Å². The van der Waals surface area contributed by atoms with Crippen molar-refractivity contribution in [1.82, 2.24) is 10.2 Å². The predicted octanol–water partition coefficient (Wildman–Crippen LogP) is 0.795. The Morgan fingerprint density at radius 1 is 1.37 bits per heavy atom. The van der Waals surface area contributed by atoms with Crippen LogP contribution in [0.2, 0.25) is 0 Å². The number of hydrogen-bond donors (Lipinski definition) is 1. The van der Waals surface area contributed by atoms with Crippen LogP contribution in [-0.2, 0) is 16.1 Å². The number of amides is 2. The van der Waals surface area contributed by atoms with Gasteiger partial charge >= 0.3 is 0 Å². The summed E-state index contributed by atoms with van der Waals surface area (Å²) in [5.74, 6) is -0.534. The third-order valence-electron chi connectivity index (χ3n) is 3.23. The van der Waals surface area contributed by atoms with E-state index < -0.39 is 5.54 Å². The van der Waals surface area contributed by atoms with E-state index in [2.05, 4.69) is 11.4 Å². The van der Waals surface area contributed by atoms with Crippen molar-refractivity contribution >= 4 is 11.8 Å². The average molecular weight is 257 g/mol. The Labute approximate surface area is 111 Å². The second-order valence-electron chi connectivity index (χ2n) is 5.03. The maximum atomic E-state index is 12.2. The molecule has 2 amide bonds. The van der Waals surface area contributed by atoms with Gasteiger partial charge in [-0.15, -0.1) is 0 Å². The van der Waals surface area contributed by atoms with E-state index in [1.807, 2.05) is 0 Å². The zero-order chi connectivity index (χ0) is 14.0. The number of nitriles is 1. The van der Waals surface area contributed by atoms with E-state index in [9.17, 15) is 9.59 Å². The predicted molar refractivity (Wildman–Crippen MR) is 68.8 cm³/mol. The van der Waals surface area contributed by atoms with E-state index >= 15 is 0 Å². The summed E-state index contributed by atoms with van der Waals surface area (Å²) in [6.45, 7) is 3.76. The lowest BCUT2D eigenvalue weighted by atomic mass is 9.99. The Morgan fingerprint density at radius 3 is 2.74 bits per heavy atom. The van der Waals surface area contributed by atoms with Crippen LogP contribution in [0, 0.1) is 11.3 Å². The third kappa shape index (κ3) is 2.49. The van der Waals surface area contributed by atoms with Gasteiger partial charge in [-0.1, -0.05) is 18.2 Å². The van der Waals surface area contributed by atoms with E-state index in [4.69, 9.17) is 5.26 Å². The molecule has 1 aromatic rings. The summed E-state index contributed by atoms with van der Waals surface area (Å²) in [6, 6.07) is 9.05. The molecule has 2 rings (SSSR count). The molecular formula is C14H15N3O2. The first-order valence-corrected chi connectivity index (χ1v) is 6.03. The zero-order valence-corrected chi connectivity index (χ0v) is 10.9. The maximum absolute atomic E-state index is 12.2. The number of hydrogen-bond acceptors (Lipinski definition) is 4. The van der Waals surface area contributed by atoms with E-state index in [-0.39, 0.29) is 24.9 Å². The molecule has 0 bridgehead atoms. The van der Waals surface area contributed by atoms with E-state index in [0.29, 0.717) is 11.1 Å². The minimum atomic E-state index is -0.754. The molecule has 0 atom stereocenters. The second-order valence-corrected chi connectivity index (χ2v) is 5.03. The summed E-state index contributed by atoms with van der Waals surface area (Å²) in [5, 5.41) is 11.9. The standard InChI is InChI=1S/C14H15N3O2/c1-14(2)13(19)17(12(18)8-16-14)9-11-6-4-3-5-10(11)7-15/h3-6,16H,8-9H2,1-2H3. The molecule has 1 fully saturated rings. The van der Waals surface area contributed by atoms with Crippen molar-refractivity contribution in [3.63, 3.8) is 0 Å². The van der Waals surface area contributed by atoms with Gasteiger partial charge in [0.05, 0.1) is 30.3 Å². The van der Waals surface area contributed by atoms with Crippen LogP contribution in [0.1, 0.15) is 25.0 Å². The van der Waals surface area contributed by atoms with E-state index in [1.165, 1.54) is 4.90 Å². The molecular weight excluding hydrogens is 242 g/mol. The van der Waals surface area contributed by atoms with Crippen LogP contribution in [0.15, 0.2) is 24.3 Å². The number of nitrogens with one attached hydrogen (secondary N) is 1. The first-order valence-electron chi connectivity index (χ1n) is 6.03. The van der Waals surface area contributed by atoms with Crippen molar-refractivity contribution in [2.75, 3.05) is 6.54 Å². The molecule has 1 saturated heterocycles. The number of piperazine rings is 1. The van der Waals surface area contributed by atoms with Crippen molar-refractivity contribution in [2.45, 2.75) is 25.9 Å². The largest absolute Gasteiger partial charge is 0.295 e. The average Bonchev–Trinajstić information content (AvgIpc) is 2.40. The maximum Gasteiger partial charge on any atom is 0.249 e. The first kappa shape index (κ1) is 13.2. The fourth-order valence-corrected chi connectivity index (χ4v) is 2.02. The molecule has 0 aromatic heterocycles. The molecule has 1 aliphatic heterocycles. The molecule has 1 N–H and O–H groups in total. The number of carbonyl (C=O) groups is 2. The van der Waals surface area contributed by atoms with E-state index in [1.54, 1.807) is 38.1 Å². The molecule has 19 heavy (non-hydrogen) atoms. The van der Waals surface area contributed by atoms with Gasteiger partial charge in [-0.05, 0) is 25.5 Å².